The maximum absolute atomic E-state index is 12.8. The Morgan fingerprint density at radius 3 is 2.33 bits per heavy atom. The van der Waals surface area contributed by atoms with Crippen molar-refractivity contribution < 1.29 is 14.4 Å². The van der Waals surface area contributed by atoms with Crippen LogP contribution in [-0.4, -0.2) is 27.4 Å². The summed E-state index contributed by atoms with van der Waals surface area (Å²) >= 11 is 0. The molecule has 0 saturated heterocycles. The molecule has 1 aromatic heterocycles. The number of carbonyl (C=O) groups is 3. The highest BCUT2D eigenvalue weighted by Gasteiger charge is 2.17. The van der Waals surface area contributed by atoms with Crippen molar-refractivity contribution in [3.05, 3.63) is 83.2 Å². The summed E-state index contributed by atoms with van der Waals surface area (Å²) in [6, 6.07) is 16.3. The van der Waals surface area contributed by atoms with E-state index in [9.17, 15) is 14.4 Å². The number of anilines is 1. The molecule has 0 aliphatic rings. The number of Topliss-reactive ketones (excluding diaryl/α,β-unsaturated/α-hetero) is 1. The second-order valence-electron chi connectivity index (χ2n) is 7.08. The van der Waals surface area contributed by atoms with Crippen molar-refractivity contribution in [1.82, 2.24) is 15.1 Å². The van der Waals surface area contributed by atoms with Gasteiger partial charge >= 0.3 is 0 Å². The first-order valence-corrected chi connectivity index (χ1v) is 9.65. The predicted molar refractivity (Wildman–Crippen MR) is 114 cm³/mol. The third kappa shape index (κ3) is 5.00. The minimum Gasteiger partial charge on any atom is -0.345 e. The number of amides is 2. The molecule has 1 heterocycles. The standard InChI is InChI=1S/C23H24N4O3/c1-15(18-9-5-4-6-10-18)24-23(30)19-11-7-8-12-21(19)25-22(29)14-27-13-20(17(3)28)16(2)26-27/h4-13,15H,14H2,1-3H3,(H,24,30)(H,25,29). The number of aromatic nitrogens is 2. The van der Waals surface area contributed by atoms with Gasteiger partial charge in [0.15, 0.2) is 5.78 Å². The summed E-state index contributed by atoms with van der Waals surface area (Å²) in [6.45, 7) is 5.02. The molecular weight excluding hydrogens is 380 g/mol. The lowest BCUT2D eigenvalue weighted by atomic mass is 10.1. The fourth-order valence-electron chi connectivity index (χ4n) is 3.17. The number of ketones is 1. The molecule has 0 bridgehead atoms. The fourth-order valence-corrected chi connectivity index (χ4v) is 3.17. The normalized spacial score (nSPS) is 11.6. The summed E-state index contributed by atoms with van der Waals surface area (Å²) in [5.74, 6) is -0.728. The molecule has 2 aromatic carbocycles. The maximum atomic E-state index is 12.8. The summed E-state index contributed by atoms with van der Waals surface area (Å²) in [6.07, 6.45) is 1.55. The second-order valence-corrected chi connectivity index (χ2v) is 7.08. The van der Waals surface area contributed by atoms with Crippen LogP contribution in [0.4, 0.5) is 5.69 Å². The molecule has 2 amide bonds. The highest BCUT2D eigenvalue weighted by molar-refractivity contribution is 6.03. The molecule has 0 fully saturated rings. The monoisotopic (exact) mass is 404 g/mol. The average Bonchev–Trinajstić information content (AvgIpc) is 3.09. The Balaban J connectivity index is 1.70. The number of hydrogen-bond acceptors (Lipinski definition) is 4. The number of aryl methyl sites for hydroxylation is 1. The maximum Gasteiger partial charge on any atom is 0.253 e. The SMILES string of the molecule is CC(=O)c1cn(CC(=O)Nc2ccccc2C(=O)NC(C)c2ccccc2)nc1C. The first-order valence-electron chi connectivity index (χ1n) is 9.65. The molecule has 0 aliphatic heterocycles. The van der Waals surface area contributed by atoms with Crippen LogP contribution >= 0.6 is 0 Å². The second kappa shape index (κ2) is 9.17. The zero-order chi connectivity index (χ0) is 21.7. The van der Waals surface area contributed by atoms with Crippen molar-refractivity contribution in [2.75, 3.05) is 5.32 Å². The molecule has 1 atom stereocenters. The van der Waals surface area contributed by atoms with Gasteiger partial charge in [-0.3, -0.25) is 19.1 Å². The van der Waals surface area contributed by atoms with Gasteiger partial charge in [0.1, 0.15) is 6.54 Å². The first-order chi connectivity index (χ1) is 14.3. The van der Waals surface area contributed by atoms with E-state index in [1.54, 1.807) is 37.4 Å². The Morgan fingerprint density at radius 2 is 1.67 bits per heavy atom. The summed E-state index contributed by atoms with van der Waals surface area (Å²) in [5, 5.41) is 9.92. The number of nitrogens with one attached hydrogen (secondary N) is 2. The van der Waals surface area contributed by atoms with E-state index in [1.807, 2.05) is 37.3 Å². The number of carbonyl (C=O) groups excluding carboxylic acids is 3. The van der Waals surface area contributed by atoms with Gasteiger partial charge in [-0.25, -0.2) is 0 Å². The van der Waals surface area contributed by atoms with Crippen LogP contribution in [-0.2, 0) is 11.3 Å². The molecular formula is C23H24N4O3. The first kappa shape index (κ1) is 21.0. The minimum absolute atomic E-state index is 0.0650. The van der Waals surface area contributed by atoms with Crippen LogP contribution in [0.5, 0.6) is 0 Å². The number of rotatable bonds is 7. The third-order valence-corrected chi connectivity index (χ3v) is 4.72. The molecule has 30 heavy (non-hydrogen) atoms. The van der Waals surface area contributed by atoms with E-state index in [0.29, 0.717) is 22.5 Å². The zero-order valence-corrected chi connectivity index (χ0v) is 17.2. The van der Waals surface area contributed by atoms with Crippen LogP contribution in [0.15, 0.2) is 60.8 Å². The Bertz CT molecular complexity index is 1070. The Kier molecular flexibility index (Phi) is 6.41. The Hall–Kier alpha value is -3.74. The highest BCUT2D eigenvalue weighted by Crippen LogP contribution is 2.18. The molecule has 1 unspecified atom stereocenters. The summed E-state index contributed by atoms with van der Waals surface area (Å²) in [5.41, 5.74) is 2.83. The van der Waals surface area contributed by atoms with Crippen LogP contribution in [0.2, 0.25) is 0 Å². The fraction of sp³-hybridized carbons (Fsp3) is 0.217. The minimum atomic E-state index is -0.344. The van der Waals surface area contributed by atoms with E-state index in [4.69, 9.17) is 0 Å². The Labute approximate surface area is 175 Å². The number of benzene rings is 2. The van der Waals surface area contributed by atoms with Crippen LogP contribution in [0.25, 0.3) is 0 Å². The van der Waals surface area contributed by atoms with Gasteiger partial charge in [0.25, 0.3) is 5.91 Å². The molecule has 0 radical (unpaired) electrons. The molecule has 2 N–H and O–H groups in total. The molecule has 0 saturated carbocycles. The summed E-state index contributed by atoms with van der Waals surface area (Å²) in [7, 11) is 0. The van der Waals surface area contributed by atoms with E-state index in [1.165, 1.54) is 11.6 Å². The smallest absolute Gasteiger partial charge is 0.253 e. The van der Waals surface area contributed by atoms with E-state index in [2.05, 4.69) is 15.7 Å². The number of para-hydroxylation sites is 1. The molecule has 3 rings (SSSR count). The van der Waals surface area contributed by atoms with Crippen LogP contribution in [0, 0.1) is 6.92 Å². The lowest BCUT2D eigenvalue weighted by molar-refractivity contribution is -0.116. The Morgan fingerprint density at radius 1 is 1.00 bits per heavy atom. The van der Waals surface area contributed by atoms with Gasteiger partial charge in [-0.1, -0.05) is 42.5 Å². The van der Waals surface area contributed by atoms with Crippen molar-refractivity contribution in [3.63, 3.8) is 0 Å². The lowest BCUT2D eigenvalue weighted by Crippen LogP contribution is -2.28. The van der Waals surface area contributed by atoms with Gasteiger partial charge in [0, 0.05) is 6.20 Å². The molecule has 0 spiro atoms. The molecule has 3 aromatic rings. The van der Waals surface area contributed by atoms with Gasteiger partial charge in [0.2, 0.25) is 5.91 Å². The molecule has 0 aliphatic carbocycles. The lowest BCUT2D eigenvalue weighted by Gasteiger charge is -2.16. The van der Waals surface area contributed by atoms with Crippen LogP contribution < -0.4 is 10.6 Å². The van der Waals surface area contributed by atoms with Gasteiger partial charge in [-0.05, 0) is 38.5 Å². The van der Waals surface area contributed by atoms with Crippen molar-refractivity contribution in [1.29, 1.82) is 0 Å². The van der Waals surface area contributed by atoms with Gasteiger partial charge in [-0.2, -0.15) is 5.10 Å². The predicted octanol–water partition coefficient (Wildman–Crippen LogP) is 3.52. The average molecular weight is 404 g/mol. The van der Waals surface area contributed by atoms with E-state index in [0.717, 1.165) is 5.56 Å². The zero-order valence-electron chi connectivity index (χ0n) is 17.2. The summed E-state index contributed by atoms with van der Waals surface area (Å²) < 4.78 is 1.42. The van der Waals surface area contributed by atoms with E-state index in [-0.39, 0.29) is 30.2 Å². The summed E-state index contributed by atoms with van der Waals surface area (Å²) in [4.78, 5) is 36.9. The molecule has 7 nitrogen and oxygen atoms in total. The highest BCUT2D eigenvalue weighted by atomic mass is 16.2. The van der Waals surface area contributed by atoms with Crippen LogP contribution in [0.3, 0.4) is 0 Å². The van der Waals surface area contributed by atoms with Gasteiger partial charge in [0.05, 0.1) is 28.6 Å². The topological polar surface area (TPSA) is 93.1 Å². The van der Waals surface area contributed by atoms with Crippen molar-refractivity contribution in [2.45, 2.75) is 33.4 Å². The quantitative estimate of drug-likeness (QED) is 0.589. The van der Waals surface area contributed by atoms with Crippen molar-refractivity contribution in [3.8, 4) is 0 Å². The molecule has 154 valence electrons. The largest absolute Gasteiger partial charge is 0.345 e. The third-order valence-electron chi connectivity index (χ3n) is 4.72. The number of nitrogens with zero attached hydrogens (tertiary/aromatic N) is 2. The van der Waals surface area contributed by atoms with E-state index < -0.39 is 0 Å². The van der Waals surface area contributed by atoms with Gasteiger partial charge < -0.3 is 10.6 Å². The van der Waals surface area contributed by atoms with Gasteiger partial charge in [-0.15, -0.1) is 0 Å². The van der Waals surface area contributed by atoms with Crippen molar-refractivity contribution >= 4 is 23.3 Å². The number of hydrogen-bond donors (Lipinski definition) is 2. The van der Waals surface area contributed by atoms with Crippen molar-refractivity contribution in [2.24, 2.45) is 0 Å². The van der Waals surface area contributed by atoms with E-state index >= 15 is 0 Å². The molecule has 7 heteroatoms. The van der Waals surface area contributed by atoms with Crippen LogP contribution in [0.1, 0.15) is 51.9 Å².